The number of nitriles is 1. The highest BCUT2D eigenvalue weighted by molar-refractivity contribution is 5.93. The Hall–Kier alpha value is -4.10. The molecule has 4 aromatic rings. The summed E-state index contributed by atoms with van der Waals surface area (Å²) >= 11 is 0. The maximum Gasteiger partial charge on any atom is 0.261 e. The minimum absolute atomic E-state index is 0.118. The van der Waals surface area contributed by atoms with Gasteiger partial charge in [0, 0.05) is 37.0 Å². The van der Waals surface area contributed by atoms with Crippen LogP contribution < -0.4 is 10.5 Å². The molecule has 0 amide bonds. The van der Waals surface area contributed by atoms with Crippen molar-refractivity contribution < 1.29 is 9.13 Å². The number of nitrogens with zero attached hydrogens (tertiary/aromatic N) is 7. The zero-order valence-corrected chi connectivity index (χ0v) is 22.1. The predicted molar refractivity (Wildman–Crippen MR) is 142 cm³/mol. The highest BCUT2D eigenvalue weighted by Gasteiger charge is 2.30. The van der Waals surface area contributed by atoms with Gasteiger partial charge < -0.3 is 9.64 Å². The lowest BCUT2D eigenvalue weighted by molar-refractivity contribution is -0.0176. The first-order valence-corrected chi connectivity index (χ1v) is 12.7. The molecule has 0 saturated carbocycles. The van der Waals surface area contributed by atoms with Crippen LogP contribution in [0.25, 0.3) is 22.2 Å². The summed E-state index contributed by atoms with van der Waals surface area (Å²) in [6.07, 6.45) is 4.45. The lowest BCUT2D eigenvalue weighted by atomic mass is 10.0. The van der Waals surface area contributed by atoms with Crippen LogP contribution in [0.4, 0.5) is 10.2 Å². The third kappa shape index (κ3) is 4.54. The maximum atomic E-state index is 15.2. The molecule has 10 heteroatoms. The Morgan fingerprint density at radius 1 is 1.26 bits per heavy atom. The molecule has 1 saturated heterocycles. The van der Waals surface area contributed by atoms with Gasteiger partial charge in [-0.15, -0.1) is 0 Å². The van der Waals surface area contributed by atoms with Crippen LogP contribution in [0.1, 0.15) is 56.3 Å². The highest BCUT2D eigenvalue weighted by Crippen LogP contribution is 2.33. The molecule has 9 nitrogen and oxygen atoms in total. The number of ether oxygens (including phenoxy) is 1. The molecule has 1 aliphatic rings. The largest absolute Gasteiger partial charge is 0.367 e. The van der Waals surface area contributed by atoms with Crippen molar-refractivity contribution in [2.45, 2.75) is 52.4 Å². The van der Waals surface area contributed by atoms with E-state index in [1.165, 1.54) is 22.8 Å². The molecule has 0 spiro atoms. The first-order valence-electron chi connectivity index (χ1n) is 12.7. The molecule has 196 valence electrons. The molecule has 3 atom stereocenters. The monoisotopic (exact) mass is 515 g/mol. The Morgan fingerprint density at radius 3 is 2.76 bits per heavy atom. The molecule has 0 bridgehead atoms. The van der Waals surface area contributed by atoms with Gasteiger partial charge in [-0.3, -0.25) is 14.0 Å². The molecule has 1 aromatic carbocycles. The Bertz CT molecular complexity index is 1620. The summed E-state index contributed by atoms with van der Waals surface area (Å²) in [4.78, 5) is 24.8. The van der Waals surface area contributed by atoms with Crippen LogP contribution in [0.3, 0.4) is 0 Å². The zero-order chi connectivity index (χ0) is 27.1. The van der Waals surface area contributed by atoms with E-state index in [-0.39, 0.29) is 40.6 Å². The van der Waals surface area contributed by atoms with Gasteiger partial charge in [0.1, 0.15) is 34.8 Å². The second-order valence-corrected chi connectivity index (χ2v) is 9.91. The van der Waals surface area contributed by atoms with E-state index in [0.29, 0.717) is 35.6 Å². The van der Waals surface area contributed by atoms with Crippen molar-refractivity contribution in [1.82, 2.24) is 24.3 Å². The number of anilines is 1. The molecule has 0 aliphatic carbocycles. The van der Waals surface area contributed by atoms with Crippen LogP contribution in [0.2, 0.25) is 0 Å². The Labute approximate surface area is 220 Å². The number of morpholine rings is 1. The van der Waals surface area contributed by atoms with Crippen LogP contribution in [0.15, 0.2) is 41.5 Å². The molecule has 0 N–H and O–H groups in total. The summed E-state index contributed by atoms with van der Waals surface area (Å²) in [5, 5.41) is 14.1. The number of pyridine rings is 1. The maximum absolute atomic E-state index is 15.2. The minimum atomic E-state index is -0.596. The van der Waals surface area contributed by atoms with E-state index in [4.69, 9.17) is 9.72 Å². The fourth-order valence-corrected chi connectivity index (χ4v) is 4.76. The summed E-state index contributed by atoms with van der Waals surface area (Å²) in [5.41, 5.74) is 1.71. The topological polar surface area (TPSA) is 102 Å². The summed E-state index contributed by atoms with van der Waals surface area (Å²) in [7, 11) is 1.66. The summed E-state index contributed by atoms with van der Waals surface area (Å²) in [6, 6.07) is 8.18. The van der Waals surface area contributed by atoms with E-state index in [1.807, 2.05) is 30.1 Å². The van der Waals surface area contributed by atoms with Crippen molar-refractivity contribution in [3.63, 3.8) is 0 Å². The second kappa shape index (κ2) is 9.99. The number of aryl methyl sites for hydroxylation is 1. The van der Waals surface area contributed by atoms with Crippen molar-refractivity contribution >= 4 is 16.7 Å². The molecule has 38 heavy (non-hydrogen) atoms. The first-order chi connectivity index (χ1) is 18.2. The molecule has 1 aliphatic heterocycles. The van der Waals surface area contributed by atoms with E-state index in [0.717, 1.165) is 12.0 Å². The SMILES string of the molecule is CCC(C)n1cc(C2CN(c3cc4c(=O)n(C)c(C)nc4c(-c4ccc(C#N)cc4F)n3)CC(C)O2)cn1. The van der Waals surface area contributed by atoms with Gasteiger partial charge in [-0.1, -0.05) is 6.92 Å². The quantitative estimate of drug-likeness (QED) is 0.387. The van der Waals surface area contributed by atoms with Gasteiger partial charge in [0.2, 0.25) is 0 Å². The van der Waals surface area contributed by atoms with Gasteiger partial charge in [-0.25, -0.2) is 14.4 Å². The fraction of sp³-hybridized carbons (Fsp3) is 0.393. The van der Waals surface area contributed by atoms with Crippen LogP contribution >= 0.6 is 0 Å². The van der Waals surface area contributed by atoms with Crippen molar-refractivity contribution in [3.8, 4) is 17.3 Å². The Morgan fingerprint density at radius 2 is 2.05 bits per heavy atom. The van der Waals surface area contributed by atoms with Crippen molar-refractivity contribution in [2.24, 2.45) is 7.05 Å². The van der Waals surface area contributed by atoms with Crippen LogP contribution in [-0.4, -0.2) is 43.5 Å². The van der Waals surface area contributed by atoms with E-state index in [1.54, 1.807) is 20.0 Å². The molecular formula is C28H30FN7O2. The summed E-state index contributed by atoms with van der Waals surface area (Å²) in [6.45, 7) is 8.99. The van der Waals surface area contributed by atoms with Gasteiger partial charge in [-0.05, 0) is 51.5 Å². The average molecular weight is 516 g/mol. The van der Waals surface area contributed by atoms with E-state index < -0.39 is 5.82 Å². The number of hydrogen-bond donors (Lipinski definition) is 0. The van der Waals surface area contributed by atoms with Crippen LogP contribution in [0.5, 0.6) is 0 Å². The number of rotatable bonds is 5. The van der Waals surface area contributed by atoms with Crippen molar-refractivity contribution in [1.29, 1.82) is 5.26 Å². The predicted octanol–water partition coefficient (Wildman–Crippen LogP) is 4.45. The summed E-state index contributed by atoms with van der Waals surface area (Å²) in [5.74, 6) is 0.431. The number of benzene rings is 1. The van der Waals surface area contributed by atoms with E-state index >= 15 is 4.39 Å². The standard InChI is InChI=1S/C28H30FN7O2/c1-6-16(2)36-14-20(12-31-36)24-15-35(13-17(3)38-24)25-10-22-27(32-18(4)34(5)28(22)37)26(33-25)21-8-7-19(11-30)9-23(21)29/h7-10,12,14,16-17,24H,6,13,15H2,1-5H3. The second-order valence-electron chi connectivity index (χ2n) is 9.91. The lowest BCUT2D eigenvalue weighted by Gasteiger charge is -2.37. The lowest BCUT2D eigenvalue weighted by Crippen LogP contribution is -2.43. The van der Waals surface area contributed by atoms with Gasteiger partial charge in [-0.2, -0.15) is 10.4 Å². The Balaban J connectivity index is 1.63. The molecule has 1 fully saturated rings. The van der Waals surface area contributed by atoms with E-state index in [9.17, 15) is 10.1 Å². The molecule has 3 aromatic heterocycles. The molecule has 5 rings (SSSR count). The smallest absolute Gasteiger partial charge is 0.261 e. The normalized spacial score (nSPS) is 18.5. The Kier molecular flexibility index (Phi) is 6.71. The first kappa shape index (κ1) is 25.5. The number of hydrogen-bond acceptors (Lipinski definition) is 7. The molecule has 3 unspecified atom stereocenters. The zero-order valence-electron chi connectivity index (χ0n) is 22.1. The van der Waals surface area contributed by atoms with Crippen molar-refractivity contribution in [2.75, 3.05) is 18.0 Å². The number of aromatic nitrogens is 5. The molecular weight excluding hydrogens is 485 g/mol. The van der Waals surface area contributed by atoms with Crippen molar-refractivity contribution in [3.05, 3.63) is 69.8 Å². The third-order valence-corrected chi connectivity index (χ3v) is 7.25. The van der Waals surface area contributed by atoms with Gasteiger partial charge in [0.05, 0.1) is 35.9 Å². The van der Waals surface area contributed by atoms with Gasteiger partial charge >= 0.3 is 0 Å². The third-order valence-electron chi connectivity index (χ3n) is 7.25. The van der Waals surface area contributed by atoms with Crippen LogP contribution in [-0.2, 0) is 11.8 Å². The number of halogens is 1. The minimum Gasteiger partial charge on any atom is -0.367 e. The van der Waals surface area contributed by atoms with E-state index in [2.05, 4.69) is 28.8 Å². The van der Waals surface area contributed by atoms with Crippen LogP contribution in [0, 0.1) is 24.1 Å². The highest BCUT2D eigenvalue weighted by atomic mass is 19.1. The molecule has 0 radical (unpaired) electrons. The summed E-state index contributed by atoms with van der Waals surface area (Å²) < 4.78 is 24.9. The molecule has 4 heterocycles. The van der Waals surface area contributed by atoms with Gasteiger partial charge in [0.25, 0.3) is 5.56 Å². The fourth-order valence-electron chi connectivity index (χ4n) is 4.76. The van der Waals surface area contributed by atoms with Gasteiger partial charge in [0.15, 0.2) is 0 Å². The average Bonchev–Trinajstić information content (AvgIpc) is 3.41. The number of fused-ring (bicyclic) bond motifs is 1.